The van der Waals surface area contributed by atoms with Gasteiger partial charge in [-0.15, -0.1) is 0 Å². The highest BCUT2D eigenvalue weighted by Crippen LogP contribution is 2.22. The van der Waals surface area contributed by atoms with Crippen molar-refractivity contribution >= 4 is 17.3 Å². The molecule has 0 radical (unpaired) electrons. The second-order valence-electron chi connectivity index (χ2n) is 4.58. The smallest absolute Gasteiger partial charge is 0.258 e. The number of amides is 1. The molecule has 2 rings (SSSR count). The Morgan fingerprint density at radius 3 is 2.40 bits per heavy atom. The molecule has 1 amide bonds. The zero-order valence-electron chi connectivity index (χ0n) is 11.9. The number of nitrogens with zero attached hydrogens (tertiary/aromatic N) is 1. The Balaban J connectivity index is 2.29. The van der Waals surface area contributed by atoms with Crippen molar-refractivity contribution in [3.8, 4) is 5.75 Å². The molecule has 0 atom stereocenters. The molecule has 0 saturated carbocycles. The first-order chi connectivity index (χ1) is 9.54. The van der Waals surface area contributed by atoms with Crippen LogP contribution in [0, 0.1) is 6.92 Å². The number of rotatable bonds is 3. The fourth-order valence-electron chi connectivity index (χ4n) is 1.99. The van der Waals surface area contributed by atoms with Gasteiger partial charge < -0.3 is 15.4 Å². The summed E-state index contributed by atoms with van der Waals surface area (Å²) >= 11 is 0. The second kappa shape index (κ2) is 5.65. The van der Waals surface area contributed by atoms with Gasteiger partial charge in [-0.1, -0.05) is 6.07 Å². The number of nitrogen functional groups attached to an aromatic ring is 1. The number of methoxy groups -OCH3 is 1. The third kappa shape index (κ3) is 2.59. The van der Waals surface area contributed by atoms with Gasteiger partial charge in [0.25, 0.3) is 5.91 Å². The molecule has 0 unspecified atom stereocenters. The molecule has 20 heavy (non-hydrogen) atoms. The quantitative estimate of drug-likeness (QED) is 0.872. The summed E-state index contributed by atoms with van der Waals surface area (Å²) in [7, 11) is 3.35. The van der Waals surface area contributed by atoms with Crippen molar-refractivity contribution in [2.75, 3.05) is 24.8 Å². The van der Waals surface area contributed by atoms with Gasteiger partial charge in [0.15, 0.2) is 0 Å². The lowest BCUT2D eigenvalue weighted by Gasteiger charge is -2.19. The van der Waals surface area contributed by atoms with E-state index in [2.05, 4.69) is 0 Å². The van der Waals surface area contributed by atoms with Gasteiger partial charge in [0, 0.05) is 24.0 Å². The number of hydrogen-bond acceptors (Lipinski definition) is 3. The Labute approximate surface area is 118 Å². The van der Waals surface area contributed by atoms with Crippen LogP contribution in [0.4, 0.5) is 11.4 Å². The van der Waals surface area contributed by atoms with Crippen LogP contribution in [0.25, 0.3) is 0 Å². The fourth-order valence-corrected chi connectivity index (χ4v) is 1.99. The van der Waals surface area contributed by atoms with Gasteiger partial charge in [-0.05, 0) is 48.9 Å². The maximum atomic E-state index is 12.5. The molecule has 0 saturated heterocycles. The third-order valence-corrected chi connectivity index (χ3v) is 3.37. The van der Waals surface area contributed by atoms with E-state index in [0.717, 1.165) is 17.0 Å². The van der Waals surface area contributed by atoms with Crippen molar-refractivity contribution in [2.24, 2.45) is 0 Å². The molecule has 0 bridgehead atoms. The minimum absolute atomic E-state index is 0.0834. The average molecular weight is 270 g/mol. The maximum Gasteiger partial charge on any atom is 0.258 e. The lowest BCUT2D eigenvalue weighted by molar-refractivity contribution is 0.0992. The number of hydrogen-bond donors (Lipinski definition) is 1. The van der Waals surface area contributed by atoms with E-state index >= 15 is 0 Å². The summed E-state index contributed by atoms with van der Waals surface area (Å²) in [6.45, 7) is 1.85. The van der Waals surface area contributed by atoms with Crippen LogP contribution < -0.4 is 15.4 Å². The van der Waals surface area contributed by atoms with Crippen molar-refractivity contribution in [3.05, 3.63) is 53.6 Å². The minimum Gasteiger partial charge on any atom is -0.497 e. The van der Waals surface area contributed by atoms with Gasteiger partial charge in [0.1, 0.15) is 5.75 Å². The zero-order valence-corrected chi connectivity index (χ0v) is 11.9. The standard InChI is InChI=1S/C16H18N2O2/c1-11-14(5-4-6-15(11)17)16(19)18(2)12-7-9-13(20-3)10-8-12/h4-10H,17H2,1-3H3. The van der Waals surface area contributed by atoms with Crippen LogP contribution in [-0.4, -0.2) is 20.1 Å². The lowest BCUT2D eigenvalue weighted by atomic mass is 10.1. The average Bonchev–Trinajstić information content (AvgIpc) is 2.48. The van der Waals surface area contributed by atoms with Gasteiger partial charge in [-0.3, -0.25) is 4.79 Å². The first-order valence-corrected chi connectivity index (χ1v) is 6.31. The zero-order chi connectivity index (χ0) is 14.7. The molecule has 0 spiro atoms. The normalized spacial score (nSPS) is 10.2. The molecule has 0 aliphatic rings. The Kier molecular flexibility index (Phi) is 3.94. The molecule has 0 aromatic heterocycles. The summed E-state index contributed by atoms with van der Waals surface area (Å²) in [5.41, 5.74) is 8.69. The largest absolute Gasteiger partial charge is 0.497 e. The van der Waals surface area contributed by atoms with E-state index in [4.69, 9.17) is 10.5 Å². The molecule has 0 aliphatic heterocycles. The molecule has 4 nitrogen and oxygen atoms in total. The second-order valence-corrected chi connectivity index (χ2v) is 4.58. The minimum atomic E-state index is -0.0834. The monoisotopic (exact) mass is 270 g/mol. The molecule has 0 heterocycles. The van der Waals surface area contributed by atoms with Gasteiger partial charge >= 0.3 is 0 Å². The number of nitrogens with two attached hydrogens (primary N) is 1. The molecule has 4 heteroatoms. The van der Waals surface area contributed by atoms with Crippen LogP contribution in [0.2, 0.25) is 0 Å². The summed E-state index contributed by atoms with van der Waals surface area (Å²) in [4.78, 5) is 14.1. The lowest BCUT2D eigenvalue weighted by Crippen LogP contribution is -2.27. The Morgan fingerprint density at radius 1 is 1.15 bits per heavy atom. The molecule has 104 valence electrons. The first kappa shape index (κ1) is 13.9. The van der Waals surface area contributed by atoms with Crippen molar-refractivity contribution in [1.82, 2.24) is 0 Å². The third-order valence-electron chi connectivity index (χ3n) is 3.37. The predicted molar refractivity (Wildman–Crippen MR) is 81.3 cm³/mol. The number of anilines is 2. The van der Waals surface area contributed by atoms with E-state index < -0.39 is 0 Å². The number of benzene rings is 2. The van der Waals surface area contributed by atoms with Crippen molar-refractivity contribution in [1.29, 1.82) is 0 Å². The number of carbonyl (C=O) groups is 1. The number of carbonyl (C=O) groups excluding carboxylic acids is 1. The Bertz CT molecular complexity index is 621. The predicted octanol–water partition coefficient (Wildman–Crippen LogP) is 2.86. The van der Waals surface area contributed by atoms with Gasteiger partial charge in [-0.25, -0.2) is 0 Å². The Hall–Kier alpha value is -2.49. The van der Waals surface area contributed by atoms with E-state index in [0.29, 0.717) is 11.3 Å². The summed E-state index contributed by atoms with van der Waals surface area (Å²) in [6.07, 6.45) is 0. The highest BCUT2D eigenvalue weighted by molar-refractivity contribution is 6.07. The molecule has 2 aromatic rings. The van der Waals surface area contributed by atoms with E-state index in [9.17, 15) is 4.79 Å². The highest BCUT2D eigenvalue weighted by atomic mass is 16.5. The maximum absolute atomic E-state index is 12.5. The SMILES string of the molecule is COc1ccc(N(C)C(=O)c2cccc(N)c2C)cc1. The molecule has 2 N–H and O–H groups in total. The summed E-state index contributed by atoms with van der Waals surface area (Å²) < 4.78 is 5.11. The van der Waals surface area contributed by atoms with Crippen LogP contribution >= 0.6 is 0 Å². The molecule has 0 fully saturated rings. The fraction of sp³-hybridized carbons (Fsp3) is 0.188. The molecule has 0 aliphatic carbocycles. The van der Waals surface area contributed by atoms with Gasteiger partial charge in [-0.2, -0.15) is 0 Å². The van der Waals surface area contributed by atoms with Crippen molar-refractivity contribution in [3.63, 3.8) is 0 Å². The van der Waals surface area contributed by atoms with Crippen LogP contribution in [0.3, 0.4) is 0 Å². The van der Waals surface area contributed by atoms with Crippen molar-refractivity contribution < 1.29 is 9.53 Å². The van der Waals surface area contributed by atoms with E-state index in [-0.39, 0.29) is 5.91 Å². The van der Waals surface area contributed by atoms with E-state index in [1.54, 1.807) is 37.3 Å². The molecular weight excluding hydrogens is 252 g/mol. The van der Waals surface area contributed by atoms with Crippen LogP contribution in [0.1, 0.15) is 15.9 Å². The summed E-state index contributed by atoms with van der Waals surface area (Å²) in [5.74, 6) is 0.676. The van der Waals surface area contributed by atoms with Crippen LogP contribution in [0.5, 0.6) is 5.75 Å². The number of ether oxygens (including phenoxy) is 1. The first-order valence-electron chi connectivity index (χ1n) is 6.31. The summed E-state index contributed by atoms with van der Waals surface area (Å²) in [5, 5.41) is 0. The van der Waals surface area contributed by atoms with Gasteiger partial charge in [0.2, 0.25) is 0 Å². The summed E-state index contributed by atoms with van der Waals surface area (Å²) in [6, 6.07) is 12.7. The van der Waals surface area contributed by atoms with Crippen LogP contribution in [0.15, 0.2) is 42.5 Å². The van der Waals surface area contributed by atoms with E-state index in [1.165, 1.54) is 0 Å². The molecular formula is C16H18N2O2. The van der Waals surface area contributed by atoms with Crippen molar-refractivity contribution in [2.45, 2.75) is 6.92 Å². The molecule has 2 aromatic carbocycles. The Morgan fingerprint density at radius 2 is 1.80 bits per heavy atom. The topological polar surface area (TPSA) is 55.6 Å². The van der Waals surface area contributed by atoms with Crippen LogP contribution in [-0.2, 0) is 0 Å². The van der Waals surface area contributed by atoms with E-state index in [1.807, 2.05) is 31.2 Å². The highest BCUT2D eigenvalue weighted by Gasteiger charge is 2.16. The van der Waals surface area contributed by atoms with Gasteiger partial charge in [0.05, 0.1) is 7.11 Å².